The molecule has 6 nitrogen and oxygen atoms in total. The molecular formula is C12H22N4O2S. The fraction of sp³-hybridized carbons (Fsp3) is 0.750. The molecule has 2 atom stereocenters. The highest BCUT2D eigenvalue weighted by molar-refractivity contribution is 7.89. The summed E-state index contributed by atoms with van der Waals surface area (Å²) in [5.74, 6) is 0. The van der Waals surface area contributed by atoms with Crippen LogP contribution in [0.5, 0.6) is 0 Å². The molecule has 0 spiro atoms. The molecule has 19 heavy (non-hydrogen) atoms. The minimum atomic E-state index is -3.49. The van der Waals surface area contributed by atoms with E-state index in [1.54, 1.807) is 17.5 Å². The van der Waals surface area contributed by atoms with Crippen LogP contribution in [0.2, 0.25) is 0 Å². The van der Waals surface area contributed by atoms with Crippen LogP contribution in [0.25, 0.3) is 0 Å². The van der Waals surface area contributed by atoms with E-state index in [-0.39, 0.29) is 17.1 Å². The van der Waals surface area contributed by atoms with Crippen LogP contribution in [0, 0.1) is 0 Å². The molecule has 0 amide bonds. The summed E-state index contributed by atoms with van der Waals surface area (Å²) in [5.41, 5.74) is 0.687. The van der Waals surface area contributed by atoms with Crippen molar-refractivity contribution in [2.45, 2.75) is 56.8 Å². The van der Waals surface area contributed by atoms with Crippen LogP contribution >= 0.6 is 0 Å². The van der Waals surface area contributed by atoms with E-state index in [0.29, 0.717) is 12.1 Å². The minimum Gasteiger partial charge on any atom is -0.316 e. The second-order valence-corrected chi connectivity index (χ2v) is 7.00. The van der Waals surface area contributed by atoms with Crippen molar-refractivity contribution >= 4 is 10.0 Å². The normalized spacial score (nSPS) is 25.6. The van der Waals surface area contributed by atoms with Gasteiger partial charge in [0.05, 0.1) is 6.20 Å². The predicted molar refractivity (Wildman–Crippen MR) is 73.2 cm³/mol. The lowest BCUT2D eigenvalue weighted by atomic mass is 10.0. The van der Waals surface area contributed by atoms with Crippen LogP contribution in [-0.4, -0.2) is 42.1 Å². The van der Waals surface area contributed by atoms with E-state index >= 15 is 0 Å². The second-order valence-electron chi connectivity index (χ2n) is 5.22. The number of nitrogens with zero attached hydrogens (tertiary/aromatic N) is 2. The molecular weight excluding hydrogens is 264 g/mol. The summed E-state index contributed by atoms with van der Waals surface area (Å²) in [4.78, 5) is 0. The Morgan fingerprint density at radius 2 is 2.05 bits per heavy atom. The highest BCUT2D eigenvalue weighted by atomic mass is 32.2. The molecule has 1 aliphatic rings. The summed E-state index contributed by atoms with van der Waals surface area (Å²) in [7, 11) is -1.71. The fourth-order valence-electron chi connectivity index (χ4n) is 2.82. The van der Waals surface area contributed by atoms with Gasteiger partial charge in [-0.25, -0.2) is 8.42 Å². The van der Waals surface area contributed by atoms with Gasteiger partial charge in [-0.2, -0.15) is 9.40 Å². The first-order valence-electron chi connectivity index (χ1n) is 6.69. The van der Waals surface area contributed by atoms with Crippen molar-refractivity contribution in [3.05, 3.63) is 11.8 Å². The average molecular weight is 286 g/mol. The van der Waals surface area contributed by atoms with Crippen molar-refractivity contribution in [1.29, 1.82) is 0 Å². The molecule has 0 aliphatic carbocycles. The van der Waals surface area contributed by atoms with Crippen LogP contribution in [0.1, 0.15) is 38.7 Å². The Morgan fingerprint density at radius 1 is 1.42 bits per heavy atom. The van der Waals surface area contributed by atoms with Crippen molar-refractivity contribution in [2.75, 3.05) is 7.05 Å². The molecule has 2 unspecified atom stereocenters. The van der Waals surface area contributed by atoms with E-state index in [9.17, 15) is 8.42 Å². The van der Waals surface area contributed by atoms with E-state index in [4.69, 9.17) is 0 Å². The quantitative estimate of drug-likeness (QED) is 0.868. The maximum Gasteiger partial charge on any atom is 0.260 e. The molecule has 1 fully saturated rings. The highest BCUT2D eigenvalue weighted by Crippen LogP contribution is 2.29. The van der Waals surface area contributed by atoms with Gasteiger partial charge in [-0.3, -0.25) is 5.10 Å². The molecule has 0 radical (unpaired) electrons. The maximum atomic E-state index is 12.8. The van der Waals surface area contributed by atoms with E-state index in [0.717, 1.165) is 19.3 Å². The zero-order valence-electron chi connectivity index (χ0n) is 11.7. The standard InChI is InChI=1S/C12H22N4O2S/c1-9-5-4-6-10(2)16(9)19(17,18)12-11(7-13-3)8-14-15-12/h8-10,13H,4-7H2,1-3H3,(H,14,15). The van der Waals surface area contributed by atoms with Gasteiger partial charge in [-0.05, 0) is 33.7 Å². The summed E-state index contributed by atoms with van der Waals surface area (Å²) < 4.78 is 27.2. The number of hydrogen-bond donors (Lipinski definition) is 2. The first-order chi connectivity index (χ1) is 8.98. The molecule has 0 saturated carbocycles. The zero-order chi connectivity index (χ0) is 14.0. The lowest BCUT2D eigenvalue weighted by Gasteiger charge is -2.37. The van der Waals surface area contributed by atoms with Crippen molar-refractivity contribution in [2.24, 2.45) is 0 Å². The Morgan fingerprint density at radius 3 is 2.63 bits per heavy atom. The molecule has 1 aliphatic heterocycles. The SMILES string of the molecule is CNCc1cn[nH]c1S(=O)(=O)N1C(C)CCCC1C. The second kappa shape index (κ2) is 5.60. The Labute approximate surface area is 114 Å². The van der Waals surface area contributed by atoms with Gasteiger partial charge in [0.1, 0.15) is 0 Å². The van der Waals surface area contributed by atoms with E-state index in [2.05, 4.69) is 15.5 Å². The molecule has 7 heteroatoms. The number of sulfonamides is 1. The summed E-state index contributed by atoms with van der Waals surface area (Å²) in [6.07, 6.45) is 4.49. The molecule has 0 bridgehead atoms. The monoisotopic (exact) mass is 286 g/mol. The van der Waals surface area contributed by atoms with Crippen molar-refractivity contribution in [3.63, 3.8) is 0 Å². The molecule has 2 N–H and O–H groups in total. The first kappa shape index (κ1) is 14.5. The predicted octanol–water partition coefficient (Wildman–Crippen LogP) is 1.08. The smallest absolute Gasteiger partial charge is 0.260 e. The molecule has 1 saturated heterocycles. The Kier molecular flexibility index (Phi) is 4.27. The summed E-state index contributed by atoms with van der Waals surface area (Å²) in [6.45, 7) is 4.43. The molecule has 2 rings (SSSR count). The van der Waals surface area contributed by atoms with E-state index < -0.39 is 10.0 Å². The third-order valence-corrected chi connectivity index (χ3v) is 5.84. The zero-order valence-corrected chi connectivity index (χ0v) is 12.5. The third-order valence-electron chi connectivity index (χ3n) is 3.69. The number of nitrogens with one attached hydrogen (secondary N) is 2. The van der Waals surface area contributed by atoms with Crippen LogP contribution in [0.4, 0.5) is 0 Å². The molecule has 1 aromatic heterocycles. The largest absolute Gasteiger partial charge is 0.316 e. The summed E-state index contributed by atoms with van der Waals surface area (Å²) in [5, 5.41) is 9.72. The Bertz CT molecular complexity index is 516. The van der Waals surface area contributed by atoms with Gasteiger partial charge in [0.2, 0.25) is 0 Å². The number of H-pyrrole nitrogens is 1. The molecule has 2 heterocycles. The van der Waals surface area contributed by atoms with Gasteiger partial charge in [0, 0.05) is 24.2 Å². The maximum absolute atomic E-state index is 12.8. The van der Waals surface area contributed by atoms with Gasteiger partial charge in [0.15, 0.2) is 5.03 Å². The van der Waals surface area contributed by atoms with E-state index in [1.807, 2.05) is 13.8 Å². The van der Waals surface area contributed by atoms with Crippen molar-refractivity contribution in [1.82, 2.24) is 19.8 Å². The van der Waals surface area contributed by atoms with Gasteiger partial charge in [-0.1, -0.05) is 6.42 Å². The number of aromatic nitrogens is 2. The van der Waals surface area contributed by atoms with Crippen LogP contribution in [-0.2, 0) is 16.6 Å². The fourth-order valence-corrected chi connectivity index (χ4v) is 4.81. The Hall–Kier alpha value is -0.920. The molecule has 108 valence electrons. The topological polar surface area (TPSA) is 78.1 Å². The summed E-state index contributed by atoms with van der Waals surface area (Å²) in [6, 6.07) is 0.0824. The van der Waals surface area contributed by atoms with Gasteiger partial charge in [0.25, 0.3) is 10.0 Å². The number of hydrogen-bond acceptors (Lipinski definition) is 4. The lowest BCUT2D eigenvalue weighted by Crippen LogP contribution is -2.47. The van der Waals surface area contributed by atoms with Gasteiger partial charge in [-0.15, -0.1) is 0 Å². The van der Waals surface area contributed by atoms with E-state index in [1.165, 1.54) is 0 Å². The molecule has 0 aromatic carbocycles. The number of piperidine rings is 1. The van der Waals surface area contributed by atoms with Crippen LogP contribution < -0.4 is 5.32 Å². The third kappa shape index (κ3) is 2.68. The summed E-state index contributed by atoms with van der Waals surface area (Å²) >= 11 is 0. The van der Waals surface area contributed by atoms with Crippen molar-refractivity contribution < 1.29 is 8.42 Å². The van der Waals surface area contributed by atoms with Crippen LogP contribution in [0.3, 0.4) is 0 Å². The Balaban J connectivity index is 2.38. The lowest BCUT2D eigenvalue weighted by molar-refractivity contribution is 0.203. The van der Waals surface area contributed by atoms with Gasteiger partial charge < -0.3 is 5.32 Å². The first-order valence-corrected chi connectivity index (χ1v) is 8.13. The minimum absolute atomic E-state index is 0.0412. The number of rotatable bonds is 4. The van der Waals surface area contributed by atoms with Crippen LogP contribution in [0.15, 0.2) is 11.2 Å². The average Bonchev–Trinajstić information content (AvgIpc) is 2.78. The molecule has 1 aromatic rings. The van der Waals surface area contributed by atoms with Gasteiger partial charge >= 0.3 is 0 Å². The van der Waals surface area contributed by atoms with Crippen molar-refractivity contribution in [3.8, 4) is 0 Å². The highest BCUT2D eigenvalue weighted by Gasteiger charge is 2.37. The number of aromatic amines is 1.